The van der Waals surface area contributed by atoms with Crippen LogP contribution in [-0.2, 0) is 6.61 Å². The Balaban J connectivity index is 1.57. The summed E-state index contributed by atoms with van der Waals surface area (Å²) >= 11 is 12.1. The fourth-order valence-electron chi connectivity index (χ4n) is 3.02. The van der Waals surface area contributed by atoms with Crippen molar-refractivity contribution >= 4 is 35.1 Å². The Kier molecular flexibility index (Phi) is 5.12. The van der Waals surface area contributed by atoms with Gasteiger partial charge in [-0.15, -0.1) is 0 Å². The molecule has 0 atom stereocenters. The largest absolute Gasteiger partial charge is 0.488 e. The lowest BCUT2D eigenvalue weighted by atomic mass is 10.1. The molecule has 0 unspecified atom stereocenters. The van der Waals surface area contributed by atoms with Gasteiger partial charge in [0.2, 0.25) is 5.78 Å². The van der Waals surface area contributed by atoms with E-state index in [9.17, 15) is 4.79 Å². The van der Waals surface area contributed by atoms with E-state index in [0.717, 1.165) is 16.7 Å². The van der Waals surface area contributed by atoms with Crippen molar-refractivity contribution in [1.29, 1.82) is 0 Å². The van der Waals surface area contributed by atoms with Crippen molar-refractivity contribution in [3.8, 4) is 11.5 Å². The van der Waals surface area contributed by atoms with Crippen molar-refractivity contribution in [2.45, 2.75) is 13.5 Å². The lowest BCUT2D eigenvalue weighted by Crippen LogP contribution is -1.99. The van der Waals surface area contributed by atoms with E-state index >= 15 is 0 Å². The van der Waals surface area contributed by atoms with Gasteiger partial charge in [0.05, 0.1) is 5.56 Å². The van der Waals surface area contributed by atoms with E-state index in [1.54, 1.807) is 30.3 Å². The van der Waals surface area contributed by atoms with Crippen LogP contribution in [0.4, 0.5) is 0 Å². The minimum Gasteiger partial charge on any atom is -0.488 e. The summed E-state index contributed by atoms with van der Waals surface area (Å²) in [7, 11) is 0. The summed E-state index contributed by atoms with van der Waals surface area (Å²) in [6, 6.07) is 18.4. The second kappa shape index (κ2) is 7.70. The van der Waals surface area contributed by atoms with Gasteiger partial charge < -0.3 is 9.47 Å². The molecule has 0 fully saturated rings. The van der Waals surface area contributed by atoms with Crippen molar-refractivity contribution in [2.24, 2.45) is 0 Å². The van der Waals surface area contributed by atoms with E-state index in [4.69, 9.17) is 32.7 Å². The predicted molar refractivity (Wildman–Crippen MR) is 111 cm³/mol. The Morgan fingerprint density at radius 3 is 2.57 bits per heavy atom. The van der Waals surface area contributed by atoms with Gasteiger partial charge >= 0.3 is 0 Å². The van der Waals surface area contributed by atoms with Crippen molar-refractivity contribution in [2.75, 3.05) is 0 Å². The molecule has 0 saturated heterocycles. The third-order valence-corrected chi connectivity index (χ3v) is 5.12. The Bertz CT molecular complexity index is 1090. The van der Waals surface area contributed by atoms with Crippen molar-refractivity contribution in [3.05, 3.63) is 98.7 Å². The van der Waals surface area contributed by atoms with Crippen LogP contribution in [0.15, 0.2) is 66.4 Å². The van der Waals surface area contributed by atoms with E-state index in [1.807, 2.05) is 43.3 Å². The van der Waals surface area contributed by atoms with Gasteiger partial charge in [-0.05, 0) is 42.8 Å². The molecule has 0 bridgehead atoms. The number of ether oxygens (including phenoxy) is 2. The molecule has 0 spiro atoms. The van der Waals surface area contributed by atoms with Crippen LogP contribution in [0.2, 0.25) is 10.0 Å². The Morgan fingerprint density at radius 2 is 1.82 bits per heavy atom. The molecule has 4 rings (SSSR count). The molecule has 1 aliphatic rings. The molecule has 3 aromatic carbocycles. The van der Waals surface area contributed by atoms with Crippen molar-refractivity contribution in [1.82, 2.24) is 0 Å². The van der Waals surface area contributed by atoms with Crippen molar-refractivity contribution < 1.29 is 14.3 Å². The molecule has 3 aromatic rings. The molecule has 0 saturated carbocycles. The molecule has 1 aliphatic heterocycles. The first kappa shape index (κ1) is 18.6. The number of carbonyl (C=O) groups excluding carboxylic acids is 1. The molecule has 3 nitrogen and oxygen atoms in total. The first-order chi connectivity index (χ1) is 13.5. The van der Waals surface area contributed by atoms with Crippen LogP contribution >= 0.6 is 23.2 Å². The smallest absolute Gasteiger partial charge is 0.231 e. The summed E-state index contributed by atoms with van der Waals surface area (Å²) in [6.07, 6.45) is 1.75. The van der Waals surface area contributed by atoms with Gasteiger partial charge in [0.1, 0.15) is 18.1 Å². The summed E-state index contributed by atoms with van der Waals surface area (Å²) < 4.78 is 11.8. The Morgan fingerprint density at radius 1 is 1.04 bits per heavy atom. The maximum Gasteiger partial charge on any atom is 0.231 e. The molecule has 0 aromatic heterocycles. The predicted octanol–water partition coefficient (Wildman–Crippen LogP) is 6.50. The second-order valence-electron chi connectivity index (χ2n) is 6.44. The lowest BCUT2D eigenvalue weighted by molar-refractivity contribution is 0.101. The molecule has 0 amide bonds. The number of carbonyl (C=O) groups is 1. The van der Waals surface area contributed by atoms with Gasteiger partial charge in [0, 0.05) is 21.2 Å². The summed E-state index contributed by atoms with van der Waals surface area (Å²) in [4.78, 5) is 12.7. The third-order valence-electron chi connectivity index (χ3n) is 4.53. The first-order valence-corrected chi connectivity index (χ1v) is 9.48. The maximum atomic E-state index is 12.7. The van der Waals surface area contributed by atoms with Gasteiger partial charge in [-0.1, -0.05) is 59.6 Å². The summed E-state index contributed by atoms with van der Waals surface area (Å²) in [6.45, 7) is 2.16. The zero-order valence-corrected chi connectivity index (χ0v) is 16.6. The standard InChI is InChI=1S/C23H16Cl2O3/c1-14-20(27-13-16-7-8-17(24)12-19(16)25)10-9-18-22(26)21(28-23(14)18)11-15-5-3-2-4-6-15/h2-12H,13H2,1H3/b21-11-. The number of fused-ring (bicyclic) bond motifs is 1. The van der Waals surface area contributed by atoms with E-state index in [-0.39, 0.29) is 12.4 Å². The number of benzene rings is 3. The van der Waals surface area contributed by atoms with Gasteiger partial charge in [-0.25, -0.2) is 0 Å². The highest BCUT2D eigenvalue weighted by molar-refractivity contribution is 6.35. The molecule has 140 valence electrons. The lowest BCUT2D eigenvalue weighted by Gasteiger charge is -2.12. The van der Waals surface area contributed by atoms with Crippen LogP contribution in [0.3, 0.4) is 0 Å². The SMILES string of the molecule is Cc1c(OCc2ccc(Cl)cc2Cl)ccc2c1O/C(=C\c1ccccc1)C2=O. The molecule has 1 heterocycles. The highest BCUT2D eigenvalue weighted by Crippen LogP contribution is 2.39. The molecule has 0 aliphatic carbocycles. The van der Waals surface area contributed by atoms with E-state index in [1.165, 1.54) is 0 Å². The number of hydrogen-bond donors (Lipinski definition) is 0. The molecule has 0 N–H and O–H groups in total. The number of halogens is 2. The zero-order valence-electron chi connectivity index (χ0n) is 15.0. The minimum absolute atomic E-state index is 0.130. The van der Waals surface area contributed by atoms with Crippen LogP contribution < -0.4 is 9.47 Å². The van der Waals surface area contributed by atoms with E-state index in [0.29, 0.717) is 32.9 Å². The van der Waals surface area contributed by atoms with E-state index < -0.39 is 0 Å². The molecular weight excluding hydrogens is 395 g/mol. The monoisotopic (exact) mass is 410 g/mol. The van der Waals surface area contributed by atoms with E-state index in [2.05, 4.69) is 0 Å². The molecular formula is C23H16Cl2O3. The minimum atomic E-state index is -0.130. The quantitative estimate of drug-likeness (QED) is 0.460. The fourth-order valence-corrected chi connectivity index (χ4v) is 3.48. The number of Topliss-reactive ketones (excluding diaryl/α,β-unsaturated/α-hetero) is 1. The third kappa shape index (κ3) is 3.64. The normalized spacial score (nSPS) is 14.1. The Labute approximate surface area is 173 Å². The summed E-state index contributed by atoms with van der Waals surface area (Å²) in [5.74, 6) is 1.35. The van der Waals surface area contributed by atoms with Crippen molar-refractivity contribution in [3.63, 3.8) is 0 Å². The fraction of sp³-hybridized carbons (Fsp3) is 0.0870. The molecule has 0 radical (unpaired) electrons. The number of rotatable bonds is 4. The van der Waals surface area contributed by atoms with Gasteiger partial charge in [-0.3, -0.25) is 4.79 Å². The summed E-state index contributed by atoms with van der Waals surface area (Å²) in [5.41, 5.74) is 3.04. The van der Waals surface area contributed by atoms with Crippen LogP contribution in [0.5, 0.6) is 11.5 Å². The number of ketones is 1. The highest BCUT2D eigenvalue weighted by Gasteiger charge is 2.30. The zero-order chi connectivity index (χ0) is 19.7. The maximum absolute atomic E-state index is 12.7. The topological polar surface area (TPSA) is 35.5 Å². The average molecular weight is 411 g/mol. The van der Waals surface area contributed by atoms with Crippen LogP contribution in [-0.4, -0.2) is 5.78 Å². The molecule has 28 heavy (non-hydrogen) atoms. The number of hydrogen-bond acceptors (Lipinski definition) is 3. The van der Waals surface area contributed by atoms with Gasteiger partial charge in [0.25, 0.3) is 0 Å². The average Bonchev–Trinajstić information content (AvgIpc) is 3.00. The second-order valence-corrected chi connectivity index (χ2v) is 7.28. The molecule has 5 heteroatoms. The highest BCUT2D eigenvalue weighted by atomic mass is 35.5. The first-order valence-electron chi connectivity index (χ1n) is 8.72. The van der Waals surface area contributed by atoms with Crippen LogP contribution in [0.1, 0.15) is 27.0 Å². The van der Waals surface area contributed by atoms with Gasteiger partial charge in [0.15, 0.2) is 5.76 Å². The van der Waals surface area contributed by atoms with Crippen LogP contribution in [0, 0.1) is 6.92 Å². The number of allylic oxidation sites excluding steroid dienone is 1. The Hall–Kier alpha value is -2.75. The van der Waals surface area contributed by atoms with Gasteiger partial charge in [-0.2, -0.15) is 0 Å². The summed E-state index contributed by atoms with van der Waals surface area (Å²) in [5, 5.41) is 1.12. The van der Waals surface area contributed by atoms with Crippen LogP contribution in [0.25, 0.3) is 6.08 Å².